The number of benzene rings is 1. The predicted molar refractivity (Wildman–Crippen MR) is 94.0 cm³/mol. The van der Waals surface area contributed by atoms with E-state index in [-0.39, 0.29) is 18.0 Å². The molecule has 9 heteroatoms. The fourth-order valence-corrected chi connectivity index (χ4v) is 4.15. The molecule has 7 nitrogen and oxygen atoms in total. The van der Waals surface area contributed by atoms with Crippen LogP contribution in [-0.2, 0) is 4.79 Å². The van der Waals surface area contributed by atoms with Crippen LogP contribution in [0.3, 0.4) is 0 Å². The Hall–Kier alpha value is -2.52. The van der Waals surface area contributed by atoms with Crippen LogP contribution in [0.25, 0.3) is 21.3 Å². The summed E-state index contributed by atoms with van der Waals surface area (Å²) < 4.78 is 0. The molecule has 0 unspecified atom stereocenters. The number of nitro groups is 1. The number of primary amides is 1. The Balaban J connectivity index is 2.04. The number of carbonyl (C=O) groups excluding carboxylic acids is 1. The molecule has 3 rings (SSSR count). The van der Waals surface area contributed by atoms with Gasteiger partial charge in [-0.25, -0.2) is 9.97 Å². The van der Waals surface area contributed by atoms with Crippen molar-refractivity contribution in [1.82, 2.24) is 9.97 Å². The second-order valence-electron chi connectivity index (χ2n) is 4.88. The number of aromatic nitrogens is 2. The van der Waals surface area contributed by atoms with E-state index < -0.39 is 4.92 Å². The first-order valence-electron chi connectivity index (χ1n) is 6.94. The molecule has 0 aliphatic heterocycles. The Bertz CT molecular complexity index is 926. The molecule has 3 aromatic rings. The average Bonchev–Trinajstić information content (AvgIpc) is 2.99. The van der Waals surface area contributed by atoms with Crippen LogP contribution in [-0.4, -0.2) is 26.6 Å². The summed E-state index contributed by atoms with van der Waals surface area (Å²) in [5.74, 6) is 0.156. The Morgan fingerprint density at radius 3 is 2.96 bits per heavy atom. The van der Waals surface area contributed by atoms with Crippen molar-refractivity contribution >= 4 is 44.9 Å². The van der Waals surface area contributed by atoms with Crippen molar-refractivity contribution in [3.63, 3.8) is 0 Å². The summed E-state index contributed by atoms with van der Waals surface area (Å²) in [4.78, 5) is 30.8. The lowest BCUT2D eigenvalue weighted by Gasteiger charge is -2.05. The Morgan fingerprint density at radius 1 is 1.38 bits per heavy atom. The maximum absolute atomic E-state index is 11.0. The van der Waals surface area contributed by atoms with E-state index in [1.807, 2.05) is 11.4 Å². The van der Waals surface area contributed by atoms with Gasteiger partial charge in [-0.2, -0.15) is 0 Å². The van der Waals surface area contributed by atoms with Crippen LogP contribution >= 0.6 is 23.1 Å². The molecule has 24 heavy (non-hydrogen) atoms. The third kappa shape index (κ3) is 3.36. The molecule has 0 saturated carbocycles. The molecule has 122 valence electrons. The van der Waals surface area contributed by atoms with Crippen molar-refractivity contribution in [2.24, 2.45) is 5.73 Å². The Kier molecular flexibility index (Phi) is 4.72. The number of nitrogens with zero attached hydrogens (tertiary/aromatic N) is 3. The van der Waals surface area contributed by atoms with Crippen LogP contribution in [0, 0.1) is 10.1 Å². The van der Waals surface area contributed by atoms with Crippen LogP contribution in [0.15, 0.2) is 41.0 Å². The number of thiophene rings is 1. The summed E-state index contributed by atoms with van der Waals surface area (Å²) in [6.45, 7) is 0. The smallest absolute Gasteiger partial charge is 0.270 e. The minimum Gasteiger partial charge on any atom is -0.370 e. The van der Waals surface area contributed by atoms with Gasteiger partial charge in [0.15, 0.2) is 0 Å². The number of non-ortho nitro benzene ring substituents is 1. The summed E-state index contributed by atoms with van der Waals surface area (Å²) in [5, 5.41) is 14.5. The number of amides is 1. The molecule has 0 aliphatic rings. The normalized spacial score (nSPS) is 10.8. The van der Waals surface area contributed by atoms with Crippen molar-refractivity contribution in [1.29, 1.82) is 0 Å². The monoisotopic (exact) mass is 360 g/mol. The summed E-state index contributed by atoms with van der Waals surface area (Å²) in [5.41, 5.74) is 6.79. The standard InChI is InChI=1S/C15H12N4O3S2/c16-12(20)4-5-23-14-13-11(7-24-15(13)18-8-17-14)9-2-1-3-10(6-9)19(21)22/h1-3,6-8H,4-5H2,(H2,16,20). The zero-order valence-corrected chi connectivity index (χ0v) is 14.0. The van der Waals surface area contributed by atoms with Crippen LogP contribution in [0.4, 0.5) is 5.69 Å². The number of fused-ring (bicyclic) bond motifs is 1. The van der Waals surface area contributed by atoms with Crippen molar-refractivity contribution in [3.8, 4) is 11.1 Å². The number of hydrogen-bond donors (Lipinski definition) is 1. The lowest BCUT2D eigenvalue weighted by atomic mass is 10.1. The number of carbonyl (C=O) groups is 1. The van der Waals surface area contributed by atoms with Crippen molar-refractivity contribution in [3.05, 3.63) is 46.1 Å². The molecular formula is C15H12N4O3S2. The van der Waals surface area contributed by atoms with Crippen molar-refractivity contribution in [2.45, 2.75) is 11.4 Å². The van der Waals surface area contributed by atoms with Gasteiger partial charge in [0.1, 0.15) is 16.2 Å². The first-order valence-corrected chi connectivity index (χ1v) is 8.81. The minimum absolute atomic E-state index is 0.0339. The molecular weight excluding hydrogens is 348 g/mol. The van der Waals surface area contributed by atoms with E-state index in [1.165, 1.54) is 41.6 Å². The third-order valence-electron chi connectivity index (χ3n) is 3.29. The second-order valence-corrected chi connectivity index (χ2v) is 6.82. The van der Waals surface area contributed by atoms with E-state index in [0.717, 1.165) is 26.4 Å². The van der Waals surface area contributed by atoms with Gasteiger partial charge in [-0.15, -0.1) is 23.1 Å². The van der Waals surface area contributed by atoms with Crippen LogP contribution in [0.1, 0.15) is 6.42 Å². The average molecular weight is 360 g/mol. The molecule has 0 radical (unpaired) electrons. The zero-order valence-electron chi connectivity index (χ0n) is 12.3. The van der Waals surface area contributed by atoms with Crippen LogP contribution in [0.5, 0.6) is 0 Å². The second kappa shape index (κ2) is 6.93. The van der Waals surface area contributed by atoms with Gasteiger partial charge in [-0.05, 0) is 5.56 Å². The topological polar surface area (TPSA) is 112 Å². The molecule has 1 amide bonds. The lowest BCUT2D eigenvalue weighted by Crippen LogP contribution is -2.10. The third-order valence-corrected chi connectivity index (χ3v) is 5.17. The molecule has 2 N–H and O–H groups in total. The number of thioether (sulfide) groups is 1. The highest BCUT2D eigenvalue weighted by atomic mass is 32.2. The van der Waals surface area contributed by atoms with Gasteiger partial charge in [0.05, 0.1) is 10.3 Å². The lowest BCUT2D eigenvalue weighted by molar-refractivity contribution is -0.384. The first kappa shape index (κ1) is 16.3. The van der Waals surface area contributed by atoms with Gasteiger partial charge in [-0.3, -0.25) is 14.9 Å². The van der Waals surface area contributed by atoms with Crippen LogP contribution in [0.2, 0.25) is 0 Å². The number of rotatable bonds is 6. The van der Waals surface area contributed by atoms with E-state index in [0.29, 0.717) is 5.75 Å². The number of nitro benzene ring substituents is 1. The first-order chi connectivity index (χ1) is 11.6. The van der Waals surface area contributed by atoms with E-state index >= 15 is 0 Å². The predicted octanol–water partition coefficient (Wildman–Crippen LogP) is 3.23. The van der Waals surface area contributed by atoms with E-state index in [9.17, 15) is 14.9 Å². The van der Waals surface area contributed by atoms with Gasteiger partial charge in [-0.1, -0.05) is 12.1 Å². The van der Waals surface area contributed by atoms with Gasteiger partial charge in [0.2, 0.25) is 5.91 Å². The van der Waals surface area contributed by atoms with E-state index in [4.69, 9.17) is 5.73 Å². The molecule has 0 saturated heterocycles. The fourth-order valence-electron chi connectivity index (χ4n) is 2.20. The molecule has 2 aromatic heterocycles. The molecule has 0 atom stereocenters. The molecule has 0 fully saturated rings. The largest absolute Gasteiger partial charge is 0.370 e. The maximum atomic E-state index is 11.0. The van der Waals surface area contributed by atoms with E-state index in [1.54, 1.807) is 6.07 Å². The van der Waals surface area contributed by atoms with Crippen LogP contribution < -0.4 is 5.73 Å². The number of hydrogen-bond acceptors (Lipinski definition) is 7. The minimum atomic E-state index is -0.420. The summed E-state index contributed by atoms with van der Waals surface area (Å²) in [6.07, 6.45) is 1.73. The quantitative estimate of drug-likeness (QED) is 0.312. The molecule has 1 aromatic carbocycles. The highest BCUT2D eigenvalue weighted by Gasteiger charge is 2.15. The fraction of sp³-hybridized carbons (Fsp3) is 0.133. The van der Waals surface area contributed by atoms with Crippen molar-refractivity contribution < 1.29 is 9.72 Å². The van der Waals surface area contributed by atoms with E-state index in [2.05, 4.69) is 9.97 Å². The maximum Gasteiger partial charge on any atom is 0.270 e. The summed E-state index contributed by atoms with van der Waals surface area (Å²) in [7, 11) is 0. The summed E-state index contributed by atoms with van der Waals surface area (Å²) in [6, 6.07) is 6.46. The zero-order chi connectivity index (χ0) is 17.1. The van der Waals surface area contributed by atoms with Gasteiger partial charge in [0.25, 0.3) is 5.69 Å². The highest BCUT2D eigenvalue weighted by Crippen LogP contribution is 2.38. The molecule has 0 bridgehead atoms. The highest BCUT2D eigenvalue weighted by molar-refractivity contribution is 7.99. The summed E-state index contributed by atoms with van der Waals surface area (Å²) >= 11 is 2.87. The Labute approximate surface area is 145 Å². The molecule has 2 heterocycles. The van der Waals surface area contributed by atoms with Gasteiger partial charge >= 0.3 is 0 Å². The molecule has 0 aliphatic carbocycles. The van der Waals surface area contributed by atoms with Gasteiger partial charge < -0.3 is 5.73 Å². The molecule has 0 spiro atoms. The van der Waals surface area contributed by atoms with Gasteiger partial charge in [0, 0.05) is 35.2 Å². The van der Waals surface area contributed by atoms with Crippen molar-refractivity contribution in [2.75, 3.05) is 5.75 Å². The number of nitrogens with two attached hydrogens (primary N) is 1. The Morgan fingerprint density at radius 2 is 2.21 bits per heavy atom. The SMILES string of the molecule is NC(=O)CCSc1ncnc2scc(-c3cccc([N+](=O)[O-])c3)c12.